The van der Waals surface area contributed by atoms with Gasteiger partial charge in [-0.1, -0.05) is 20.3 Å². The average molecular weight is 200 g/mol. The molecule has 0 aliphatic carbocycles. The van der Waals surface area contributed by atoms with E-state index in [0.29, 0.717) is 6.42 Å². The molecule has 0 aliphatic heterocycles. The number of aliphatic carboxylic acids is 1. The molecule has 0 aromatic heterocycles. The molecule has 0 aromatic rings. The molecule has 0 spiro atoms. The van der Waals surface area contributed by atoms with Crippen LogP contribution in [0.2, 0.25) is 0 Å². The Morgan fingerprint density at radius 1 is 1.46 bits per heavy atom. The maximum absolute atomic E-state index is 10.4. The molecule has 0 heterocycles. The molecule has 4 nitrogen and oxygen atoms in total. The molecule has 0 rings (SSSR count). The molecule has 0 radical (unpaired) electrons. The van der Waals surface area contributed by atoms with Crippen molar-refractivity contribution in [2.24, 2.45) is 5.92 Å². The molecule has 0 saturated heterocycles. The Kier molecular flexibility index (Phi) is 8.27. The zero-order chi connectivity index (χ0) is 9.78. The Labute approximate surface area is 100 Å². The van der Waals surface area contributed by atoms with Gasteiger partial charge in [-0.25, -0.2) is 0 Å². The molecule has 13 heavy (non-hydrogen) atoms. The fraction of sp³-hybridized carbons (Fsp3) is 0.875. The third-order valence-electron chi connectivity index (χ3n) is 1.71. The topological polar surface area (TPSA) is 77.8 Å². The van der Waals surface area contributed by atoms with Gasteiger partial charge in [0.2, 0.25) is 0 Å². The van der Waals surface area contributed by atoms with Crippen molar-refractivity contribution in [2.75, 3.05) is 0 Å². The third-order valence-corrected chi connectivity index (χ3v) is 1.71. The molecular formula is C8H17NaO4. The molecule has 1 unspecified atom stereocenters. The molecule has 3 N–H and O–H groups in total. The van der Waals surface area contributed by atoms with E-state index < -0.39 is 17.7 Å². The van der Waals surface area contributed by atoms with Gasteiger partial charge >= 0.3 is 35.5 Å². The van der Waals surface area contributed by atoms with E-state index in [1.165, 1.54) is 6.92 Å². The van der Waals surface area contributed by atoms with Gasteiger partial charge in [0.15, 0.2) is 5.79 Å². The molecular weight excluding hydrogens is 183 g/mol. The maximum atomic E-state index is 10.4. The number of hydrogen-bond donors (Lipinski definition) is 3. The predicted octanol–water partition coefficient (Wildman–Crippen LogP) is -0.0703. The summed E-state index contributed by atoms with van der Waals surface area (Å²) in [5.74, 6) is -3.54. The molecule has 1 atom stereocenters. The second-order valence-corrected chi connectivity index (χ2v) is 3.18. The first kappa shape index (κ1) is 15.8. The Balaban J connectivity index is 0. The fourth-order valence-electron chi connectivity index (χ4n) is 1.08. The number of carbonyl (C=O) groups is 1. The van der Waals surface area contributed by atoms with E-state index in [1.807, 2.05) is 6.92 Å². The van der Waals surface area contributed by atoms with Gasteiger partial charge in [0, 0.05) is 12.8 Å². The monoisotopic (exact) mass is 200 g/mol. The van der Waals surface area contributed by atoms with Crippen molar-refractivity contribution in [2.45, 2.75) is 38.9 Å². The van der Waals surface area contributed by atoms with E-state index in [-0.39, 0.29) is 42.4 Å². The summed E-state index contributed by atoms with van der Waals surface area (Å²) in [4.78, 5) is 10.4. The fourth-order valence-corrected chi connectivity index (χ4v) is 1.08. The molecule has 0 aromatic carbocycles. The van der Waals surface area contributed by atoms with Crippen LogP contribution in [0.4, 0.5) is 0 Å². The first-order chi connectivity index (χ1) is 5.39. The van der Waals surface area contributed by atoms with Crippen LogP contribution in [0.5, 0.6) is 0 Å². The van der Waals surface area contributed by atoms with Gasteiger partial charge < -0.3 is 15.3 Å². The Hall–Kier alpha value is 0.390. The summed E-state index contributed by atoms with van der Waals surface area (Å²) < 4.78 is 0. The minimum absolute atomic E-state index is 0. The van der Waals surface area contributed by atoms with Crippen molar-refractivity contribution in [3.63, 3.8) is 0 Å². The zero-order valence-electron chi connectivity index (χ0n) is 7.45. The van der Waals surface area contributed by atoms with E-state index in [2.05, 4.69) is 0 Å². The Bertz CT molecular complexity index is 158. The van der Waals surface area contributed by atoms with Crippen molar-refractivity contribution in [1.82, 2.24) is 0 Å². The summed E-state index contributed by atoms with van der Waals surface area (Å²) in [7, 11) is 0. The van der Waals surface area contributed by atoms with E-state index >= 15 is 0 Å². The number of rotatable bonds is 5. The van der Waals surface area contributed by atoms with Gasteiger partial charge in [-0.05, 0) is 0 Å². The summed E-state index contributed by atoms with van der Waals surface area (Å²) in [5.41, 5.74) is 0. The summed E-state index contributed by atoms with van der Waals surface area (Å²) >= 11 is 0. The van der Waals surface area contributed by atoms with Crippen LogP contribution in [-0.2, 0) is 4.79 Å². The van der Waals surface area contributed by atoms with Crippen LogP contribution in [0, 0.1) is 5.92 Å². The molecule has 0 aliphatic rings. The first-order valence-electron chi connectivity index (χ1n) is 4.06. The molecule has 0 fully saturated rings. The summed E-state index contributed by atoms with van der Waals surface area (Å²) in [5, 5.41) is 26.9. The SMILES string of the molecule is CCCC(O)(O)CC(C)C(=O)O.[NaH]. The average Bonchev–Trinajstić information content (AvgIpc) is 1.85. The summed E-state index contributed by atoms with van der Waals surface area (Å²) in [6, 6.07) is 0. The van der Waals surface area contributed by atoms with E-state index in [4.69, 9.17) is 5.11 Å². The van der Waals surface area contributed by atoms with Gasteiger partial charge in [0.1, 0.15) is 0 Å². The number of carboxylic acid groups (broad SMARTS) is 1. The molecule has 74 valence electrons. The van der Waals surface area contributed by atoms with Crippen molar-refractivity contribution in [3.05, 3.63) is 0 Å². The normalized spacial score (nSPS) is 13.2. The zero-order valence-corrected chi connectivity index (χ0v) is 7.45. The number of hydrogen-bond acceptors (Lipinski definition) is 3. The second kappa shape index (κ2) is 6.79. The van der Waals surface area contributed by atoms with Crippen LogP contribution in [0.25, 0.3) is 0 Å². The van der Waals surface area contributed by atoms with E-state index in [0.717, 1.165) is 0 Å². The van der Waals surface area contributed by atoms with Crippen LogP contribution in [0.1, 0.15) is 33.1 Å². The van der Waals surface area contributed by atoms with Crippen molar-refractivity contribution >= 4 is 35.5 Å². The quantitative estimate of drug-likeness (QED) is 0.429. The van der Waals surface area contributed by atoms with Crippen LogP contribution in [0.15, 0.2) is 0 Å². The standard InChI is InChI=1S/C8H16O4.Na.H/c1-3-4-8(11,12)5-6(2)7(9)10;;/h6,11-12H,3-5H2,1-2H3,(H,9,10);;. The van der Waals surface area contributed by atoms with E-state index in [9.17, 15) is 15.0 Å². The van der Waals surface area contributed by atoms with Crippen molar-refractivity contribution in [3.8, 4) is 0 Å². The van der Waals surface area contributed by atoms with Gasteiger partial charge in [-0.2, -0.15) is 0 Å². The number of carboxylic acids is 1. The van der Waals surface area contributed by atoms with E-state index in [1.54, 1.807) is 0 Å². The van der Waals surface area contributed by atoms with Gasteiger partial charge in [-0.3, -0.25) is 4.79 Å². The molecule has 0 saturated carbocycles. The van der Waals surface area contributed by atoms with Gasteiger partial charge in [0.05, 0.1) is 5.92 Å². The molecule has 0 bridgehead atoms. The van der Waals surface area contributed by atoms with Crippen LogP contribution in [-0.4, -0.2) is 56.6 Å². The number of aliphatic hydroxyl groups is 2. The van der Waals surface area contributed by atoms with Crippen LogP contribution >= 0.6 is 0 Å². The minimum atomic E-state index is -1.83. The van der Waals surface area contributed by atoms with Gasteiger partial charge in [0.25, 0.3) is 0 Å². The second-order valence-electron chi connectivity index (χ2n) is 3.18. The van der Waals surface area contributed by atoms with Gasteiger partial charge in [-0.15, -0.1) is 0 Å². The summed E-state index contributed by atoms with van der Waals surface area (Å²) in [6.45, 7) is 3.27. The summed E-state index contributed by atoms with van der Waals surface area (Å²) in [6.07, 6.45) is 0.722. The first-order valence-corrected chi connectivity index (χ1v) is 4.06. The molecule has 5 heteroatoms. The molecule has 0 amide bonds. The predicted molar refractivity (Wildman–Crippen MR) is 50.6 cm³/mol. The Morgan fingerprint density at radius 2 is 1.92 bits per heavy atom. The van der Waals surface area contributed by atoms with Crippen molar-refractivity contribution < 1.29 is 20.1 Å². The Morgan fingerprint density at radius 3 is 2.23 bits per heavy atom. The third kappa shape index (κ3) is 7.46. The van der Waals surface area contributed by atoms with Crippen LogP contribution < -0.4 is 0 Å². The van der Waals surface area contributed by atoms with Crippen molar-refractivity contribution in [1.29, 1.82) is 0 Å². The van der Waals surface area contributed by atoms with Crippen LogP contribution in [0.3, 0.4) is 0 Å².